The molecule has 4 saturated carbocycles. The smallest absolute Gasteiger partial charge is 0.156 e. The third-order valence-electron chi connectivity index (χ3n) is 10.6. The summed E-state index contributed by atoms with van der Waals surface area (Å²) < 4.78 is 0. The van der Waals surface area contributed by atoms with Crippen LogP contribution in [0.2, 0.25) is 0 Å². The molecule has 0 unspecified atom stereocenters. The third-order valence-corrected chi connectivity index (χ3v) is 10.6. The lowest BCUT2D eigenvalue weighted by molar-refractivity contribution is -0.139. The van der Waals surface area contributed by atoms with E-state index in [1.54, 1.807) is 0 Å². The normalized spacial score (nSPS) is 47.4. The predicted octanol–water partition coefficient (Wildman–Crippen LogP) is 6.67. The Kier molecular flexibility index (Phi) is 4.87. The van der Waals surface area contributed by atoms with E-state index in [2.05, 4.69) is 19.9 Å². The van der Waals surface area contributed by atoms with Crippen LogP contribution in [0.5, 0.6) is 0 Å². The van der Waals surface area contributed by atoms with Gasteiger partial charge >= 0.3 is 0 Å². The lowest BCUT2D eigenvalue weighted by Crippen LogP contribution is -2.50. The highest BCUT2D eigenvalue weighted by atomic mass is 16.1. The fourth-order valence-electron chi connectivity index (χ4n) is 8.94. The molecule has 0 aliphatic heterocycles. The Labute approximate surface area is 177 Å². The Hall–Kier alpha value is -0.920. The standard InChI is InChI=1S/C27H40O2/c1-3-4-5-6-7-8-9-19-10-11-22-21-16-24(29)27-17-20(28)12-15-26(27,18-27)23(21)13-14-25(19,22)2/h12,15,19,21-23H,3-11,13-14,16-18H2,1-2H3/t19-,21-,22-,23-,25+,26-,27+/m0/s1. The van der Waals surface area contributed by atoms with E-state index in [1.807, 2.05) is 6.08 Å². The van der Waals surface area contributed by atoms with E-state index in [0.29, 0.717) is 29.5 Å². The van der Waals surface area contributed by atoms with Crippen LogP contribution < -0.4 is 0 Å². The van der Waals surface area contributed by atoms with Gasteiger partial charge in [0.25, 0.3) is 0 Å². The van der Waals surface area contributed by atoms with Gasteiger partial charge in [-0.3, -0.25) is 9.59 Å². The number of rotatable bonds is 7. The number of Topliss-reactive ketones (excluding diaryl/α,β-unsaturated/α-hetero) is 1. The van der Waals surface area contributed by atoms with E-state index in [1.165, 1.54) is 70.6 Å². The molecule has 0 N–H and O–H groups in total. The van der Waals surface area contributed by atoms with Crippen molar-refractivity contribution in [1.29, 1.82) is 0 Å². The number of unbranched alkanes of at least 4 members (excludes halogenated alkanes) is 5. The molecule has 7 atom stereocenters. The van der Waals surface area contributed by atoms with Crippen LogP contribution in [-0.4, -0.2) is 11.6 Å². The summed E-state index contributed by atoms with van der Waals surface area (Å²) in [6.07, 6.45) is 21.4. The van der Waals surface area contributed by atoms with Crippen molar-refractivity contribution in [3.63, 3.8) is 0 Å². The fourth-order valence-corrected chi connectivity index (χ4v) is 8.94. The van der Waals surface area contributed by atoms with Crippen molar-refractivity contribution in [2.75, 3.05) is 0 Å². The second-order valence-electron chi connectivity index (χ2n) is 11.7. The number of carbonyl (C=O) groups excluding carboxylic acids is 2. The van der Waals surface area contributed by atoms with Crippen molar-refractivity contribution in [2.45, 2.75) is 104 Å². The van der Waals surface area contributed by atoms with Crippen LogP contribution in [0, 0.1) is 39.9 Å². The van der Waals surface area contributed by atoms with E-state index in [-0.39, 0.29) is 16.6 Å². The van der Waals surface area contributed by atoms with Gasteiger partial charge in [-0.1, -0.05) is 58.4 Å². The van der Waals surface area contributed by atoms with Crippen LogP contribution in [0.15, 0.2) is 12.2 Å². The summed E-state index contributed by atoms with van der Waals surface area (Å²) >= 11 is 0. The minimum atomic E-state index is -0.274. The molecule has 2 nitrogen and oxygen atoms in total. The highest BCUT2D eigenvalue weighted by molar-refractivity contribution is 6.02. The summed E-state index contributed by atoms with van der Waals surface area (Å²) in [5.41, 5.74) is 0.258. The van der Waals surface area contributed by atoms with Crippen LogP contribution in [0.4, 0.5) is 0 Å². The van der Waals surface area contributed by atoms with E-state index < -0.39 is 0 Å². The van der Waals surface area contributed by atoms with Crippen molar-refractivity contribution >= 4 is 11.6 Å². The summed E-state index contributed by atoms with van der Waals surface area (Å²) in [6, 6.07) is 0. The summed E-state index contributed by atoms with van der Waals surface area (Å²) in [5.74, 6) is 3.50. The summed E-state index contributed by atoms with van der Waals surface area (Å²) in [6.45, 7) is 4.87. The second-order valence-corrected chi connectivity index (χ2v) is 11.7. The molecule has 2 heteroatoms. The van der Waals surface area contributed by atoms with Crippen molar-refractivity contribution in [3.8, 4) is 0 Å². The monoisotopic (exact) mass is 396 g/mol. The molecule has 0 aromatic heterocycles. The quantitative estimate of drug-likeness (QED) is 0.450. The third kappa shape index (κ3) is 2.79. The fraction of sp³-hybridized carbons (Fsp3) is 0.852. The number of allylic oxidation sites excluding steroid dienone is 2. The molecule has 0 bridgehead atoms. The van der Waals surface area contributed by atoms with E-state index in [4.69, 9.17) is 0 Å². The zero-order valence-electron chi connectivity index (χ0n) is 18.7. The van der Waals surface area contributed by atoms with Crippen molar-refractivity contribution < 1.29 is 9.59 Å². The molecule has 0 aromatic carbocycles. The largest absolute Gasteiger partial charge is 0.299 e. The SMILES string of the molecule is CCCCCCCC[C@H]1CC[C@H]2[C@@H]3CC(=O)[C@]45CC(=O)C=C[C@]4(C5)[C@H]3CC[C@]12C. The molecular weight excluding hydrogens is 356 g/mol. The maximum atomic E-state index is 13.3. The number of hydrogen-bond acceptors (Lipinski definition) is 2. The van der Waals surface area contributed by atoms with Gasteiger partial charge in [0.2, 0.25) is 0 Å². The van der Waals surface area contributed by atoms with Crippen LogP contribution in [0.3, 0.4) is 0 Å². The molecule has 0 aromatic rings. The summed E-state index contributed by atoms with van der Waals surface area (Å²) in [5, 5.41) is 0. The van der Waals surface area contributed by atoms with E-state index >= 15 is 0 Å². The molecule has 0 spiro atoms. The minimum absolute atomic E-state index is 0.0691. The van der Waals surface area contributed by atoms with Gasteiger partial charge < -0.3 is 0 Å². The number of carbonyl (C=O) groups is 2. The number of ketones is 2. The van der Waals surface area contributed by atoms with Gasteiger partial charge in [0.15, 0.2) is 5.78 Å². The van der Waals surface area contributed by atoms with Crippen LogP contribution in [0.25, 0.3) is 0 Å². The number of hydrogen-bond donors (Lipinski definition) is 0. The highest BCUT2D eigenvalue weighted by Gasteiger charge is 2.78. The first-order valence-electron chi connectivity index (χ1n) is 12.7. The summed E-state index contributed by atoms with van der Waals surface area (Å²) in [4.78, 5) is 25.3. The molecule has 5 rings (SSSR count). The molecular formula is C27H40O2. The lowest BCUT2D eigenvalue weighted by atomic mass is 9.50. The van der Waals surface area contributed by atoms with Gasteiger partial charge in [-0.25, -0.2) is 0 Å². The first-order chi connectivity index (χ1) is 14.0. The van der Waals surface area contributed by atoms with Gasteiger partial charge in [-0.05, 0) is 73.7 Å². The van der Waals surface area contributed by atoms with Crippen LogP contribution >= 0.6 is 0 Å². The van der Waals surface area contributed by atoms with E-state index in [0.717, 1.165) is 24.7 Å². The van der Waals surface area contributed by atoms with Crippen molar-refractivity contribution in [3.05, 3.63) is 12.2 Å². The zero-order valence-corrected chi connectivity index (χ0v) is 18.7. The Bertz CT molecular complexity index is 722. The van der Waals surface area contributed by atoms with Gasteiger partial charge in [0.1, 0.15) is 5.78 Å². The first kappa shape index (κ1) is 20.0. The van der Waals surface area contributed by atoms with Gasteiger partial charge in [-0.2, -0.15) is 0 Å². The first-order valence-corrected chi connectivity index (χ1v) is 12.7. The molecule has 5 aliphatic carbocycles. The Morgan fingerprint density at radius 2 is 1.79 bits per heavy atom. The zero-order chi connectivity index (χ0) is 20.3. The molecule has 0 radical (unpaired) electrons. The molecule has 0 saturated heterocycles. The van der Waals surface area contributed by atoms with Crippen LogP contribution in [0.1, 0.15) is 104 Å². The van der Waals surface area contributed by atoms with Gasteiger partial charge in [0.05, 0.1) is 0 Å². The number of fused-ring (bicyclic) bond motifs is 3. The predicted molar refractivity (Wildman–Crippen MR) is 116 cm³/mol. The maximum absolute atomic E-state index is 13.3. The molecule has 160 valence electrons. The Morgan fingerprint density at radius 3 is 2.62 bits per heavy atom. The average Bonchev–Trinajstić information content (AvgIpc) is 3.28. The lowest BCUT2D eigenvalue weighted by Gasteiger charge is -2.54. The molecule has 0 amide bonds. The Balaban J connectivity index is 1.27. The van der Waals surface area contributed by atoms with Crippen LogP contribution in [-0.2, 0) is 9.59 Å². The van der Waals surface area contributed by atoms with Gasteiger partial charge in [-0.15, -0.1) is 0 Å². The van der Waals surface area contributed by atoms with Gasteiger partial charge in [0, 0.05) is 23.7 Å². The minimum Gasteiger partial charge on any atom is -0.299 e. The molecule has 0 heterocycles. The second kappa shape index (κ2) is 7.06. The van der Waals surface area contributed by atoms with Crippen molar-refractivity contribution in [2.24, 2.45) is 39.9 Å². The molecule has 5 aliphatic rings. The van der Waals surface area contributed by atoms with E-state index in [9.17, 15) is 9.59 Å². The molecule has 29 heavy (non-hydrogen) atoms. The maximum Gasteiger partial charge on any atom is 0.156 e. The topological polar surface area (TPSA) is 34.1 Å². The highest BCUT2D eigenvalue weighted by Crippen LogP contribution is 2.80. The summed E-state index contributed by atoms with van der Waals surface area (Å²) in [7, 11) is 0. The Morgan fingerprint density at radius 1 is 1.00 bits per heavy atom. The molecule has 4 fully saturated rings. The average molecular weight is 397 g/mol. The van der Waals surface area contributed by atoms with Crippen molar-refractivity contribution in [1.82, 2.24) is 0 Å².